The summed E-state index contributed by atoms with van der Waals surface area (Å²) >= 11 is 0. The number of hydrogen-bond acceptors (Lipinski definition) is 3. The minimum Gasteiger partial charge on any atom is -0.372 e. The molecule has 2 aromatic carbocycles. The van der Waals surface area contributed by atoms with Crippen molar-refractivity contribution < 1.29 is 9.53 Å². The van der Waals surface area contributed by atoms with E-state index in [0.717, 1.165) is 30.6 Å². The van der Waals surface area contributed by atoms with Gasteiger partial charge in [0.05, 0.1) is 13.2 Å². The molecule has 4 nitrogen and oxygen atoms in total. The van der Waals surface area contributed by atoms with E-state index < -0.39 is 0 Å². The van der Waals surface area contributed by atoms with Crippen LogP contribution < -0.4 is 10.6 Å². The molecule has 27 heavy (non-hydrogen) atoms. The summed E-state index contributed by atoms with van der Waals surface area (Å²) in [6.07, 6.45) is 4.03. The fourth-order valence-corrected chi connectivity index (χ4v) is 3.41. The molecule has 0 radical (unpaired) electrons. The van der Waals surface area contributed by atoms with Crippen LogP contribution in [0, 0.1) is 5.92 Å². The van der Waals surface area contributed by atoms with Crippen LogP contribution >= 0.6 is 0 Å². The maximum atomic E-state index is 12.1. The number of piperidine rings is 1. The monoisotopic (exact) mass is 366 g/mol. The van der Waals surface area contributed by atoms with Crippen LogP contribution in [-0.2, 0) is 29.3 Å². The zero-order valence-electron chi connectivity index (χ0n) is 16.0. The number of carbonyl (C=O) groups is 1. The zero-order chi connectivity index (χ0) is 18.7. The quantitative estimate of drug-likeness (QED) is 0.710. The van der Waals surface area contributed by atoms with E-state index in [4.69, 9.17) is 4.74 Å². The van der Waals surface area contributed by atoms with Crippen molar-refractivity contribution in [3.8, 4) is 0 Å². The van der Waals surface area contributed by atoms with Crippen LogP contribution in [-0.4, -0.2) is 19.0 Å². The Morgan fingerprint density at radius 2 is 1.56 bits per heavy atom. The number of ether oxygens (including phenoxy) is 1. The largest absolute Gasteiger partial charge is 0.372 e. The predicted octanol–water partition coefficient (Wildman–Crippen LogP) is 3.80. The predicted molar refractivity (Wildman–Crippen MR) is 108 cm³/mol. The Morgan fingerprint density at radius 3 is 2.26 bits per heavy atom. The summed E-state index contributed by atoms with van der Waals surface area (Å²) in [6, 6.07) is 18.5. The Labute approximate surface area is 162 Å². The molecule has 1 amide bonds. The minimum absolute atomic E-state index is 0.156. The molecule has 0 aromatic heterocycles. The van der Waals surface area contributed by atoms with Gasteiger partial charge in [0, 0.05) is 13.0 Å². The van der Waals surface area contributed by atoms with E-state index in [0.29, 0.717) is 32.1 Å². The number of nitrogens with one attached hydrogen (secondary N) is 2. The summed E-state index contributed by atoms with van der Waals surface area (Å²) in [5, 5.41) is 6.40. The SMILES string of the molecule is O=C(CCC1CCNCC1)NCc1ccc(COCc2ccccc2)cc1. The molecule has 2 N–H and O–H groups in total. The molecular formula is C23H30N2O2. The summed E-state index contributed by atoms with van der Waals surface area (Å²) in [5.41, 5.74) is 3.45. The van der Waals surface area contributed by atoms with Crippen molar-refractivity contribution in [3.05, 3.63) is 71.3 Å². The molecule has 1 saturated heterocycles. The second kappa shape index (κ2) is 10.9. The van der Waals surface area contributed by atoms with Crippen LogP contribution in [0.3, 0.4) is 0 Å². The molecule has 3 rings (SSSR count). The van der Waals surface area contributed by atoms with Gasteiger partial charge in [-0.3, -0.25) is 4.79 Å². The molecular weight excluding hydrogens is 336 g/mol. The second-order valence-electron chi connectivity index (χ2n) is 7.30. The fourth-order valence-electron chi connectivity index (χ4n) is 3.41. The summed E-state index contributed by atoms with van der Waals surface area (Å²) in [5.74, 6) is 0.857. The third-order valence-electron chi connectivity index (χ3n) is 5.13. The van der Waals surface area contributed by atoms with Gasteiger partial charge in [0.15, 0.2) is 0 Å². The lowest BCUT2D eigenvalue weighted by Crippen LogP contribution is -2.29. The van der Waals surface area contributed by atoms with Gasteiger partial charge in [-0.2, -0.15) is 0 Å². The van der Waals surface area contributed by atoms with Crippen LogP contribution in [0.15, 0.2) is 54.6 Å². The Morgan fingerprint density at radius 1 is 0.926 bits per heavy atom. The topological polar surface area (TPSA) is 50.4 Å². The summed E-state index contributed by atoms with van der Waals surface area (Å²) in [6.45, 7) is 3.99. The van der Waals surface area contributed by atoms with E-state index in [-0.39, 0.29) is 5.91 Å². The Bertz CT molecular complexity index is 679. The van der Waals surface area contributed by atoms with Crippen molar-refractivity contribution in [1.82, 2.24) is 10.6 Å². The Hall–Kier alpha value is -2.17. The van der Waals surface area contributed by atoms with Gasteiger partial charge in [-0.15, -0.1) is 0 Å². The van der Waals surface area contributed by atoms with Gasteiger partial charge in [0.2, 0.25) is 5.91 Å². The lowest BCUT2D eigenvalue weighted by atomic mass is 9.93. The molecule has 144 valence electrons. The van der Waals surface area contributed by atoms with E-state index in [2.05, 4.69) is 47.0 Å². The van der Waals surface area contributed by atoms with Crippen molar-refractivity contribution in [2.24, 2.45) is 5.92 Å². The molecule has 0 saturated carbocycles. The average molecular weight is 367 g/mol. The standard InChI is InChI=1S/C23H30N2O2/c26-23(11-10-19-12-14-24-15-13-19)25-16-20-6-8-22(9-7-20)18-27-17-21-4-2-1-3-5-21/h1-9,19,24H,10-18H2,(H,25,26). The highest BCUT2D eigenvalue weighted by atomic mass is 16.5. The molecule has 0 spiro atoms. The molecule has 0 unspecified atom stereocenters. The Kier molecular flexibility index (Phi) is 7.87. The first-order chi connectivity index (χ1) is 13.3. The van der Waals surface area contributed by atoms with Gasteiger partial charge in [-0.25, -0.2) is 0 Å². The molecule has 0 aliphatic carbocycles. The molecule has 1 aliphatic heterocycles. The van der Waals surface area contributed by atoms with Gasteiger partial charge in [0.1, 0.15) is 0 Å². The maximum Gasteiger partial charge on any atom is 0.220 e. The molecule has 4 heteroatoms. The molecule has 0 atom stereocenters. The first-order valence-electron chi connectivity index (χ1n) is 9.96. The number of benzene rings is 2. The number of amides is 1. The van der Waals surface area contributed by atoms with Crippen molar-refractivity contribution in [2.75, 3.05) is 13.1 Å². The summed E-state index contributed by atoms with van der Waals surface area (Å²) in [4.78, 5) is 12.1. The molecule has 1 aliphatic rings. The van der Waals surface area contributed by atoms with E-state index >= 15 is 0 Å². The van der Waals surface area contributed by atoms with E-state index in [9.17, 15) is 4.79 Å². The minimum atomic E-state index is 0.156. The summed E-state index contributed by atoms with van der Waals surface area (Å²) < 4.78 is 5.76. The lowest BCUT2D eigenvalue weighted by Gasteiger charge is -2.22. The van der Waals surface area contributed by atoms with E-state index in [1.54, 1.807) is 0 Å². The van der Waals surface area contributed by atoms with E-state index in [1.807, 2.05) is 18.2 Å². The first-order valence-corrected chi connectivity index (χ1v) is 9.96. The molecule has 1 fully saturated rings. The third-order valence-corrected chi connectivity index (χ3v) is 5.13. The van der Waals surface area contributed by atoms with Gasteiger partial charge < -0.3 is 15.4 Å². The second-order valence-corrected chi connectivity index (χ2v) is 7.30. The molecule has 0 bridgehead atoms. The van der Waals surface area contributed by atoms with Gasteiger partial charge >= 0.3 is 0 Å². The van der Waals surface area contributed by atoms with Crippen molar-refractivity contribution in [1.29, 1.82) is 0 Å². The van der Waals surface area contributed by atoms with Gasteiger partial charge in [-0.1, -0.05) is 54.6 Å². The first kappa shape index (κ1) is 19.6. The number of carbonyl (C=O) groups excluding carboxylic acids is 1. The van der Waals surface area contributed by atoms with Crippen molar-refractivity contribution >= 4 is 5.91 Å². The van der Waals surface area contributed by atoms with Crippen molar-refractivity contribution in [3.63, 3.8) is 0 Å². The third kappa shape index (κ3) is 7.16. The molecule has 2 aromatic rings. The maximum absolute atomic E-state index is 12.1. The van der Waals surface area contributed by atoms with Crippen LogP contribution in [0.2, 0.25) is 0 Å². The van der Waals surface area contributed by atoms with Crippen LogP contribution in [0.4, 0.5) is 0 Å². The van der Waals surface area contributed by atoms with Crippen LogP contribution in [0.25, 0.3) is 0 Å². The van der Waals surface area contributed by atoms with Gasteiger partial charge in [0.25, 0.3) is 0 Å². The smallest absolute Gasteiger partial charge is 0.220 e. The lowest BCUT2D eigenvalue weighted by molar-refractivity contribution is -0.121. The highest BCUT2D eigenvalue weighted by molar-refractivity contribution is 5.75. The normalized spacial score (nSPS) is 14.8. The number of hydrogen-bond donors (Lipinski definition) is 2. The average Bonchev–Trinajstić information content (AvgIpc) is 2.73. The number of rotatable bonds is 9. The van der Waals surface area contributed by atoms with E-state index in [1.165, 1.54) is 18.4 Å². The zero-order valence-corrected chi connectivity index (χ0v) is 16.0. The molecule has 1 heterocycles. The van der Waals surface area contributed by atoms with Gasteiger partial charge in [-0.05, 0) is 55.0 Å². The Balaban J connectivity index is 1.33. The van der Waals surface area contributed by atoms with Crippen molar-refractivity contribution in [2.45, 2.75) is 45.4 Å². The summed E-state index contributed by atoms with van der Waals surface area (Å²) in [7, 11) is 0. The highest BCUT2D eigenvalue weighted by Crippen LogP contribution is 2.17. The van der Waals surface area contributed by atoms with Crippen LogP contribution in [0.1, 0.15) is 42.4 Å². The van der Waals surface area contributed by atoms with Crippen LogP contribution in [0.5, 0.6) is 0 Å². The fraction of sp³-hybridized carbons (Fsp3) is 0.435. The highest BCUT2D eigenvalue weighted by Gasteiger charge is 2.14.